The topological polar surface area (TPSA) is 90.9 Å². The van der Waals surface area contributed by atoms with Crippen LogP contribution in [0.2, 0.25) is 0 Å². The molecule has 1 aromatic heterocycles. The van der Waals surface area contributed by atoms with Crippen LogP contribution in [0, 0.1) is 0 Å². The van der Waals surface area contributed by atoms with Crippen LogP contribution in [-0.4, -0.2) is 31.1 Å². The number of rotatable bonds is 6. The van der Waals surface area contributed by atoms with Crippen LogP contribution in [0.5, 0.6) is 11.5 Å². The van der Waals surface area contributed by atoms with E-state index in [2.05, 4.69) is 5.32 Å². The number of amides is 1. The first-order chi connectivity index (χ1) is 12.4. The molecule has 1 unspecified atom stereocenters. The quantitative estimate of drug-likeness (QED) is 0.617. The molecule has 0 aliphatic carbocycles. The van der Waals surface area contributed by atoms with E-state index in [9.17, 15) is 14.4 Å². The van der Waals surface area contributed by atoms with E-state index in [1.54, 1.807) is 18.2 Å². The van der Waals surface area contributed by atoms with Crippen molar-refractivity contribution in [1.82, 2.24) is 5.32 Å². The van der Waals surface area contributed by atoms with Crippen molar-refractivity contribution >= 4 is 29.0 Å². The number of carbonyl (C=O) groups excluding carboxylic acids is 3. The van der Waals surface area contributed by atoms with Crippen LogP contribution in [0.15, 0.2) is 30.3 Å². The lowest BCUT2D eigenvalue weighted by Gasteiger charge is -2.14. The molecule has 1 aromatic carbocycles. The number of hydrogen-bond donors (Lipinski definition) is 1. The second-order valence-corrected chi connectivity index (χ2v) is 6.78. The number of hydrogen-bond acceptors (Lipinski definition) is 7. The first-order valence-electron chi connectivity index (χ1n) is 7.91. The third-order valence-electron chi connectivity index (χ3n) is 3.76. The molecule has 3 rings (SSSR count). The van der Waals surface area contributed by atoms with Gasteiger partial charge in [0.25, 0.3) is 5.91 Å². The van der Waals surface area contributed by atoms with Crippen molar-refractivity contribution in [1.29, 1.82) is 0 Å². The highest BCUT2D eigenvalue weighted by atomic mass is 32.1. The summed E-state index contributed by atoms with van der Waals surface area (Å²) in [5.74, 6) is 0.126. The summed E-state index contributed by atoms with van der Waals surface area (Å²) in [7, 11) is 0. The predicted molar refractivity (Wildman–Crippen MR) is 93.7 cm³/mol. The zero-order valence-electron chi connectivity index (χ0n) is 14.2. The monoisotopic (exact) mass is 375 g/mol. The van der Waals surface area contributed by atoms with Crippen LogP contribution in [0.3, 0.4) is 0 Å². The summed E-state index contributed by atoms with van der Waals surface area (Å²) >= 11 is 1.04. The van der Waals surface area contributed by atoms with Gasteiger partial charge in [-0.15, -0.1) is 11.3 Å². The van der Waals surface area contributed by atoms with Gasteiger partial charge in [-0.2, -0.15) is 0 Å². The molecular weight excluding hydrogens is 358 g/mol. The van der Waals surface area contributed by atoms with Crippen LogP contribution in [0.1, 0.15) is 44.8 Å². The van der Waals surface area contributed by atoms with E-state index in [4.69, 9.17) is 14.2 Å². The van der Waals surface area contributed by atoms with Gasteiger partial charge in [0.1, 0.15) is 4.88 Å². The molecule has 8 heteroatoms. The fraction of sp³-hybridized carbons (Fsp3) is 0.278. The van der Waals surface area contributed by atoms with Crippen LogP contribution < -0.4 is 14.8 Å². The van der Waals surface area contributed by atoms with Crippen molar-refractivity contribution in [3.8, 4) is 11.5 Å². The van der Waals surface area contributed by atoms with Crippen molar-refractivity contribution in [3.63, 3.8) is 0 Å². The van der Waals surface area contributed by atoms with E-state index in [1.807, 2.05) is 13.0 Å². The number of benzene rings is 1. The molecule has 7 nitrogen and oxygen atoms in total. The van der Waals surface area contributed by atoms with Crippen molar-refractivity contribution in [2.75, 3.05) is 13.4 Å². The molecular formula is C18H17NO6S. The SMILES string of the molecule is CC(=O)c1ccc(C(=O)OCC(=O)NC(C)c2ccc3c(c2)OCO3)s1. The number of Topliss-reactive ketones (excluding diaryl/α,β-unsaturated/α-hetero) is 1. The van der Waals surface area contributed by atoms with Gasteiger partial charge in [0, 0.05) is 0 Å². The molecule has 0 bridgehead atoms. The van der Waals surface area contributed by atoms with Gasteiger partial charge in [0.15, 0.2) is 23.9 Å². The summed E-state index contributed by atoms with van der Waals surface area (Å²) < 4.78 is 15.6. The van der Waals surface area contributed by atoms with E-state index >= 15 is 0 Å². The second-order valence-electron chi connectivity index (χ2n) is 5.70. The minimum absolute atomic E-state index is 0.121. The summed E-state index contributed by atoms with van der Waals surface area (Å²) in [4.78, 5) is 36.0. The molecule has 0 fully saturated rings. The average Bonchev–Trinajstić information content (AvgIpc) is 3.28. The van der Waals surface area contributed by atoms with Crippen molar-refractivity contribution in [3.05, 3.63) is 45.6 Å². The lowest BCUT2D eigenvalue weighted by atomic mass is 10.1. The Hall–Kier alpha value is -2.87. The van der Waals surface area contributed by atoms with Crippen molar-refractivity contribution in [2.45, 2.75) is 19.9 Å². The number of ketones is 1. The fourth-order valence-electron chi connectivity index (χ4n) is 2.39. The average molecular weight is 375 g/mol. The summed E-state index contributed by atoms with van der Waals surface area (Å²) in [5, 5.41) is 2.75. The minimum Gasteiger partial charge on any atom is -0.454 e. The summed E-state index contributed by atoms with van der Waals surface area (Å²) in [6, 6.07) is 8.20. The summed E-state index contributed by atoms with van der Waals surface area (Å²) in [5.41, 5.74) is 0.846. The predicted octanol–water partition coefficient (Wildman–Crippen LogP) is 2.71. The Balaban J connectivity index is 1.51. The molecule has 0 radical (unpaired) electrons. The van der Waals surface area contributed by atoms with Crippen molar-refractivity contribution in [2.24, 2.45) is 0 Å². The van der Waals surface area contributed by atoms with Gasteiger partial charge >= 0.3 is 5.97 Å². The highest BCUT2D eigenvalue weighted by Crippen LogP contribution is 2.34. The van der Waals surface area contributed by atoms with E-state index in [0.717, 1.165) is 16.9 Å². The first-order valence-corrected chi connectivity index (χ1v) is 8.72. The molecule has 1 N–H and O–H groups in total. The molecule has 2 heterocycles. The Bertz CT molecular complexity index is 859. The first kappa shape index (κ1) is 17.9. The number of carbonyl (C=O) groups is 3. The maximum absolute atomic E-state index is 12.0. The Labute approximate surface area is 153 Å². The molecule has 0 spiro atoms. The number of fused-ring (bicyclic) bond motifs is 1. The Morgan fingerprint density at radius 2 is 1.88 bits per heavy atom. The van der Waals surface area contributed by atoms with Gasteiger partial charge in [-0.05, 0) is 43.7 Å². The number of esters is 1. The highest BCUT2D eigenvalue weighted by molar-refractivity contribution is 7.15. The molecule has 0 saturated heterocycles. The van der Waals surface area contributed by atoms with E-state index in [1.165, 1.54) is 13.0 Å². The van der Waals surface area contributed by atoms with Gasteiger partial charge in [-0.1, -0.05) is 6.07 Å². The Morgan fingerprint density at radius 1 is 1.15 bits per heavy atom. The van der Waals surface area contributed by atoms with Gasteiger partial charge in [-0.25, -0.2) is 4.79 Å². The molecule has 1 aliphatic heterocycles. The van der Waals surface area contributed by atoms with Gasteiger partial charge < -0.3 is 19.5 Å². The van der Waals surface area contributed by atoms with Crippen LogP contribution >= 0.6 is 11.3 Å². The minimum atomic E-state index is -0.631. The number of nitrogens with one attached hydrogen (secondary N) is 1. The third kappa shape index (κ3) is 4.02. The summed E-state index contributed by atoms with van der Waals surface area (Å²) in [6.45, 7) is 3.02. The van der Waals surface area contributed by atoms with E-state index in [-0.39, 0.29) is 23.5 Å². The smallest absolute Gasteiger partial charge is 0.348 e. The lowest BCUT2D eigenvalue weighted by Crippen LogP contribution is -2.31. The van der Waals surface area contributed by atoms with Gasteiger partial charge in [0.05, 0.1) is 10.9 Å². The van der Waals surface area contributed by atoms with Gasteiger partial charge in [-0.3, -0.25) is 9.59 Å². The number of ether oxygens (including phenoxy) is 3. The highest BCUT2D eigenvalue weighted by Gasteiger charge is 2.18. The molecule has 26 heavy (non-hydrogen) atoms. The zero-order chi connectivity index (χ0) is 18.7. The van der Waals surface area contributed by atoms with Crippen molar-refractivity contribution < 1.29 is 28.6 Å². The van der Waals surface area contributed by atoms with Gasteiger partial charge in [0.2, 0.25) is 6.79 Å². The third-order valence-corrected chi connectivity index (χ3v) is 4.93. The Morgan fingerprint density at radius 3 is 2.62 bits per heavy atom. The normalized spacial score (nSPS) is 13.2. The molecule has 1 atom stereocenters. The maximum atomic E-state index is 12.0. The molecule has 2 aromatic rings. The molecule has 136 valence electrons. The second kappa shape index (κ2) is 7.57. The van der Waals surface area contributed by atoms with Crippen LogP contribution in [0.25, 0.3) is 0 Å². The number of thiophene rings is 1. The zero-order valence-corrected chi connectivity index (χ0v) is 15.1. The van der Waals surface area contributed by atoms with Crippen LogP contribution in [0.4, 0.5) is 0 Å². The largest absolute Gasteiger partial charge is 0.454 e. The Kier molecular flexibility index (Phi) is 5.22. The molecule has 0 saturated carbocycles. The maximum Gasteiger partial charge on any atom is 0.348 e. The van der Waals surface area contributed by atoms with E-state index in [0.29, 0.717) is 16.4 Å². The van der Waals surface area contributed by atoms with E-state index < -0.39 is 18.5 Å². The molecule has 1 amide bonds. The fourth-order valence-corrected chi connectivity index (χ4v) is 3.18. The van der Waals surface area contributed by atoms with Crippen LogP contribution in [-0.2, 0) is 9.53 Å². The standard InChI is InChI=1S/C18H17NO6S/c1-10(12-3-4-13-14(7-12)25-9-24-13)19-17(21)8-23-18(22)16-6-5-15(26-16)11(2)20/h3-7,10H,8-9H2,1-2H3,(H,19,21). The lowest BCUT2D eigenvalue weighted by molar-refractivity contribution is -0.124. The summed E-state index contributed by atoms with van der Waals surface area (Å²) in [6.07, 6.45) is 0. The molecule has 1 aliphatic rings.